The monoisotopic (exact) mass is 279 g/mol. The van der Waals surface area contributed by atoms with Gasteiger partial charge in [-0.3, -0.25) is 0 Å². The molecule has 3 nitrogen and oxygen atoms in total. The predicted octanol–water partition coefficient (Wildman–Crippen LogP) is 4.01. The summed E-state index contributed by atoms with van der Waals surface area (Å²) in [5, 5.41) is 3.57. The van der Waals surface area contributed by atoms with Crippen molar-refractivity contribution in [3.63, 3.8) is 0 Å². The van der Waals surface area contributed by atoms with E-state index in [1.165, 1.54) is 16.8 Å². The fourth-order valence-corrected chi connectivity index (χ4v) is 2.37. The van der Waals surface area contributed by atoms with E-state index >= 15 is 0 Å². The van der Waals surface area contributed by atoms with Crippen molar-refractivity contribution in [3.8, 4) is 0 Å². The minimum atomic E-state index is -0.101. The highest BCUT2D eigenvalue weighted by molar-refractivity contribution is 5.57. The largest absolute Gasteiger partial charge is 0.384 e. The fraction of sp³-hybridized carbons (Fsp3) is 0.647. The summed E-state index contributed by atoms with van der Waals surface area (Å²) in [6, 6.07) is 6.54. The highest BCUT2D eigenvalue weighted by atomic mass is 16.7. The first kappa shape index (κ1) is 17.0. The molecule has 0 bridgehead atoms. The Labute approximate surface area is 123 Å². The topological polar surface area (TPSA) is 30.5 Å². The summed E-state index contributed by atoms with van der Waals surface area (Å²) in [7, 11) is 0. The van der Waals surface area contributed by atoms with E-state index in [9.17, 15) is 0 Å². The van der Waals surface area contributed by atoms with Crippen LogP contribution < -0.4 is 5.32 Å². The molecule has 114 valence electrons. The van der Waals surface area contributed by atoms with Gasteiger partial charge in [-0.1, -0.05) is 32.0 Å². The number of anilines is 1. The minimum Gasteiger partial charge on any atom is -0.384 e. The summed E-state index contributed by atoms with van der Waals surface area (Å²) in [4.78, 5) is 0. The standard InChI is InChI=1S/C17H29NO2/c1-5-14-10-9-11-15(6-2)17(14)18-13-12-16(19-7-3)20-8-4/h9-11,16,18H,5-8,12-13H2,1-4H3. The van der Waals surface area contributed by atoms with Crippen molar-refractivity contribution in [2.45, 2.75) is 53.2 Å². The Bertz CT molecular complexity index is 351. The van der Waals surface area contributed by atoms with Crippen LogP contribution in [0.5, 0.6) is 0 Å². The SMILES string of the molecule is CCOC(CCNc1c(CC)cccc1CC)OCC. The van der Waals surface area contributed by atoms with Crippen molar-refractivity contribution in [2.75, 3.05) is 25.1 Å². The maximum absolute atomic E-state index is 5.57. The van der Waals surface area contributed by atoms with E-state index in [-0.39, 0.29) is 6.29 Å². The van der Waals surface area contributed by atoms with Crippen LogP contribution in [0.15, 0.2) is 18.2 Å². The minimum absolute atomic E-state index is 0.101. The first-order chi connectivity index (χ1) is 9.76. The van der Waals surface area contributed by atoms with Crippen molar-refractivity contribution in [1.29, 1.82) is 0 Å². The predicted molar refractivity (Wildman–Crippen MR) is 85.3 cm³/mol. The van der Waals surface area contributed by atoms with Crippen molar-refractivity contribution in [1.82, 2.24) is 0 Å². The fourth-order valence-electron chi connectivity index (χ4n) is 2.37. The maximum Gasteiger partial charge on any atom is 0.159 e. The molecular formula is C17H29NO2. The number of para-hydroxylation sites is 1. The molecule has 1 aromatic rings. The third-order valence-corrected chi connectivity index (χ3v) is 3.39. The molecule has 20 heavy (non-hydrogen) atoms. The zero-order valence-corrected chi connectivity index (χ0v) is 13.4. The van der Waals surface area contributed by atoms with E-state index in [0.29, 0.717) is 13.2 Å². The second kappa shape index (κ2) is 9.78. The Hall–Kier alpha value is -1.06. The van der Waals surface area contributed by atoms with Crippen LogP contribution in [0.25, 0.3) is 0 Å². The smallest absolute Gasteiger partial charge is 0.159 e. The molecule has 0 fully saturated rings. The number of nitrogens with one attached hydrogen (secondary N) is 1. The molecule has 0 saturated carbocycles. The van der Waals surface area contributed by atoms with Gasteiger partial charge >= 0.3 is 0 Å². The van der Waals surface area contributed by atoms with Gasteiger partial charge < -0.3 is 14.8 Å². The van der Waals surface area contributed by atoms with E-state index in [0.717, 1.165) is 25.8 Å². The van der Waals surface area contributed by atoms with Gasteiger partial charge in [-0.2, -0.15) is 0 Å². The highest BCUT2D eigenvalue weighted by Gasteiger charge is 2.09. The van der Waals surface area contributed by atoms with E-state index in [2.05, 4.69) is 37.4 Å². The molecule has 0 aliphatic rings. The molecule has 0 radical (unpaired) electrons. The number of rotatable bonds is 10. The van der Waals surface area contributed by atoms with Gasteiger partial charge in [0.15, 0.2) is 6.29 Å². The van der Waals surface area contributed by atoms with Gasteiger partial charge in [0.05, 0.1) is 0 Å². The van der Waals surface area contributed by atoms with Crippen LogP contribution in [0.3, 0.4) is 0 Å². The second-order valence-corrected chi connectivity index (χ2v) is 4.71. The van der Waals surface area contributed by atoms with E-state index in [4.69, 9.17) is 9.47 Å². The molecule has 0 aliphatic heterocycles. The summed E-state index contributed by atoms with van der Waals surface area (Å²) in [6.45, 7) is 10.6. The number of ether oxygens (including phenoxy) is 2. The number of aryl methyl sites for hydroxylation is 2. The number of hydrogen-bond donors (Lipinski definition) is 1. The summed E-state index contributed by atoms with van der Waals surface area (Å²) in [5.41, 5.74) is 4.06. The van der Waals surface area contributed by atoms with Crippen molar-refractivity contribution in [3.05, 3.63) is 29.3 Å². The van der Waals surface area contributed by atoms with Crippen LogP contribution in [-0.2, 0) is 22.3 Å². The summed E-state index contributed by atoms with van der Waals surface area (Å²) >= 11 is 0. The van der Waals surface area contributed by atoms with Crippen LogP contribution in [0.4, 0.5) is 5.69 Å². The molecule has 0 amide bonds. The Morgan fingerprint density at radius 1 is 0.950 bits per heavy atom. The highest BCUT2D eigenvalue weighted by Crippen LogP contribution is 2.22. The zero-order chi connectivity index (χ0) is 14.8. The molecule has 0 atom stereocenters. The molecule has 0 unspecified atom stereocenters. The molecule has 1 rings (SSSR count). The average Bonchev–Trinajstić information content (AvgIpc) is 2.47. The first-order valence-electron chi connectivity index (χ1n) is 7.84. The summed E-state index contributed by atoms with van der Waals surface area (Å²) in [6.07, 6.45) is 2.87. The number of benzene rings is 1. The third kappa shape index (κ3) is 5.14. The molecular weight excluding hydrogens is 250 g/mol. The molecule has 3 heteroatoms. The Morgan fingerprint density at radius 2 is 1.50 bits per heavy atom. The Morgan fingerprint density at radius 3 is 1.95 bits per heavy atom. The summed E-state index contributed by atoms with van der Waals surface area (Å²) < 4.78 is 11.1. The molecule has 0 saturated heterocycles. The molecule has 0 spiro atoms. The van der Waals surface area contributed by atoms with Crippen molar-refractivity contribution in [2.24, 2.45) is 0 Å². The lowest BCUT2D eigenvalue weighted by Gasteiger charge is -2.19. The molecule has 1 N–H and O–H groups in total. The lowest BCUT2D eigenvalue weighted by molar-refractivity contribution is -0.137. The first-order valence-corrected chi connectivity index (χ1v) is 7.84. The Kier molecular flexibility index (Phi) is 8.31. The second-order valence-electron chi connectivity index (χ2n) is 4.71. The van der Waals surface area contributed by atoms with Crippen LogP contribution in [0, 0.1) is 0 Å². The molecule has 0 aromatic heterocycles. The maximum atomic E-state index is 5.57. The number of hydrogen-bond acceptors (Lipinski definition) is 3. The van der Waals surface area contributed by atoms with Crippen LogP contribution >= 0.6 is 0 Å². The van der Waals surface area contributed by atoms with Gasteiger partial charge in [-0.25, -0.2) is 0 Å². The Balaban J connectivity index is 2.60. The molecule has 1 aromatic carbocycles. The van der Waals surface area contributed by atoms with Crippen molar-refractivity contribution >= 4 is 5.69 Å². The molecule has 0 aliphatic carbocycles. The van der Waals surface area contributed by atoms with Crippen molar-refractivity contribution < 1.29 is 9.47 Å². The van der Waals surface area contributed by atoms with E-state index < -0.39 is 0 Å². The quantitative estimate of drug-likeness (QED) is 0.656. The zero-order valence-electron chi connectivity index (χ0n) is 13.4. The van der Waals surface area contributed by atoms with Gasteiger partial charge in [0.25, 0.3) is 0 Å². The molecule has 0 heterocycles. The normalized spacial score (nSPS) is 11.1. The lowest BCUT2D eigenvalue weighted by Crippen LogP contribution is -2.21. The van der Waals surface area contributed by atoms with Gasteiger partial charge in [0, 0.05) is 31.9 Å². The third-order valence-electron chi connectivity index (χ3n) is 3.39. The van der Waals surface area contributed by atoms with E-state index in [1.807, 2.05) is 13.8 Å². The van der Waals surface area contributed by atoms with Gasteiger partial charge in [-0.15, -0.1) is 0 Å². The van der Waals surface area contributed by atoms with Gasteiger partial charge in [0.1, 0.15) is 0 Å². The van der Waals surface area contributed by atoms with E-state index in [1.54, 1.807) is 0 Å². The van der Waals surface area contributed by atoms with Crippen LogP contribution in [-0.4, -0.2) is 26.0 Å². The van der Waals surface area contributed by atoms with Gasteiger partial charge in [-0.05, 0) is 37.8 Å². The van der Waals surface area contributed by atoms with Gasteiger partial charge in [0.2, 0.25) is 0 Å². The summed E-state index contributed by atoms with van der Waals surface area (Å²) in [5.74, 6) is 0. The average molecular weight is 279 g/mol. The van der Waals surface area contributed by atoms with Crippen LogP contribution in [0.2, 0.25) is 0 Å². The van der Waals surface area contributed by atoms with Crippen LogP contribution in [0.1, 0.15) is 45.2 Å². The lowest BCUT2D eigenvalue weighted by atomic mass is 10.0.